The molecule has 0 saturated heterocycles. The van der Waals surface area contributed by atoms with Gasteiger partial charge in [0, 0.05) is 12.1 Å². The zero-order valence-corrected chi connectivity index (χ0v) is 17.4. The summed E-state index contributed by atoms with van der Waals surface area (Å²) in [6.45, 7) is 4.26. The van der Waals surface area contributed by atoms with E-state index in [9.17, 15) is 4.79 Å². The number of allylic oxidation sites excluding steroid dienone is 1. The molecular formula is C27H26N2O. The van der Waals surface area contributed by atoms with E-state index < -0.39 is 0 Å². The van der Waals surface area contributed by atoms with Crippen molar-refractivity contribution in [3.05, 3.63) is 96.2 Å². The van der Waals surface area contributed by atoms with Gasteiger partial charge >= 0.3 is 0 Å². The number of carbonyl (C=O) groups is 1. The van der Waals surface area contributed by atoms with Crippen LogP contribution in [0.25, 0.3) is 11.1 Å². The molecule has 150 valence electrons. The molecule has 0 bridgehead atoms. The minimum absolute atomic E-state index is 0.110. The lowest BCUT2D eigenvalue weighted by Crippen LogP contribution is -2.36. The second-order valence-corrected chi connectivity index (χ2v) is 8.99. The Balaban J connectivity index is 1.58. The van der Waals surface area contributed by atoms with E-state index in [1.807, 2.05) is 18.2 Å². The molecule has 2 aliphatic rings. The highest BCUT2D eigenvalue weighted by Gasteiger charge is 2.41. The second kappa shape index (κ2) is 7.17. The smallest absolute Gasteiger partial charge is 0.145 e. The van der Waals surface area contributed by atoms with Gasteiger partial charge in [0.25, 0.3) is 0 Å². The highest BCUT2D eigenvalue weighted by atomic mass is 16.1. The van der Waals surface area contributed by atoms with Crippen LogP contribution in [0.3, 0.4) is 0 Å². The van der Waals surface area contributed by atoms with E-state index in [1.54, 1.807) is 0 Å². The Labute approximate surface area is 177 Å². The van der Waals surface area contributed by atoms with Gasteiger partial charge in [-0.05, 0) is 34.2 Å². The van der Waals surface area contributed by atoms with Crippen molar-refractivity contribution in [3.8, 4) is 11.1 Å². The Hall–Kier alpha value is -3.33. The van der Waals surface area contributed by atoms with Gasteiger partial charge in [0.05, 0.1) is 23.3 Å². The van der Waals surface area contributed by atoms with Crippen LogP contribution in [0.2, 0.25) is 0 Å². The van der Waals surface area contributed by atoms with Crippen LogP contribution in [0.4, 0.5) is 11.4 Å². The second-order valence-electron chi connectivity index (χ2n) is 8.99. The maximum atomic E-state index is 13.3. The minimum Gasteiger partial charge on any atom is -0.375 e. The fraction of sp³-hybridized carbons (Fsp3) is 0.222. The molecule has 30 heavy (non-hydrogen) atoms. The highest BCUT2D eigenvalue weighted by Crippen LogP contribution is 2.45. The van der Waals surface area contributed by atoms with E-state index in [0.717, 1.165) is 22.6 Å². The minimum atomic E-state index is -0.229. The third kappa shape index (κ3) is 3.41. The monoisotopic (exact) mass is 394 g/mol. The van der Waals surface area contributed by atoms with Gasteiger partial charge in [0.15, 0.2) is 0 Å². The summed E-state index contributed by atoms with van der Waals surface area (Å²) in [5.74, 6) is 0.0513. The summed E-state index contributed by atoms with van der Waals surface area (Å²) < 4.78 is 0. The fourth-order valence-corrected chi connectivity index (χ4v) is 4.69. The van der Waals surface area contributed by atoms with Crippen molar-refractivity contribution < 1.29 is 4.79 Å². The molecule has 0 fully saturated rings. The molecule has 2 N–H and O–H groups in total. The van der Waals surface area contributed by atoms with Crippen LogP contribution >= 0.6 is 0 Å². The number of rotatable bonds is 2. The van der Waals surface area contributed by atoms with Gasteiger partial charge in [-0.1, -0.05) is 86.7 Å². The van der Waals surface area contributed by atoms with Gasteiger partial charge in [0.2, 0.25) is 0 Å². The Kier molecular flexibility index (Phi) is 4.47. The van der Waals surface area contributed by atoms with Crippen molar-refractivity contribution in [2.24, 2.45) is 11.3 Å². The number of nitrogens with one attached hydrogen (secondary N) is 2. The molecule has 3 aromatic carbocycles. The Morgan fingerprint density at radius 1 is 0.800 bits per heavy atom. The van der Waals surface area contributed by atoms with Crippen molar-refractivity contribution in [2.75, 3.05) is 10.6 Å². The third-order valence-corrected chi connectivity index (χ3v) is 6.09. The lowest BCUT2D eigenvalue weighted by molar-refractivity contribution is -0.124. The van der Waals surface area contributed by atoms with Crippen LogP contribution in [0.1, 0.15) is 31.9 Å². The van der Waals surface area contributed by atoms with E-state index in [1.165, 1.54) is 11.1 Å². The molecule has 3 nitrogen and oxygen atoms in total. The van der Waals surface area contributed by atoms with Crippen LogP contribution in [0, 0.1) is 11.3 Å². The summed E-state index contributed by atoms with van der Waals surface area (Å²) >= 11 is 0. The number of anilines is 2. The standard InChI is InChI=1S/C27H26N2O/c1-27(2)16-23-25(24(30)17-27)26(29-22-11-7-6-10-21(22)28-23)20-14-12-19(13-15-20)18-8-4-3-5-9-18/h3-16,25-26,28-29H,17H2,1-2H3/t25-,26+/m1/s1. The van der Waals surface area contributed by atoms with Gasteiger partial charge in [-0.3, -0.25) is 4.79 Å². The summed E-state index contributed by atoms with van der Waals surface area (Å²) in [6.07, 6.45) is 2.80. The Morgan fingerprint density at radius 2 is 1.43 bits per heavy atom. The topological polar surface area (TPSA) is 41.1 Å². The summed E-state index contributed by atoms with van der Waals surface area (Å²) in [7, 11) is 0. The maximum Gasteiger partial charge on any atom is 0.145 e. The predicted molar refractivity (Wildman–Crippen MR) is 123 cm³/mol. The molecule has 0 radical (unpaired) electrons. The van der Waals surface area contributed by atoms with Gasteiger partial charge in [0.1, 0.15) is 5.78 Å². The maximum absolute atomic E-state index is 13.3. The molecule has 2 atom stereocenters. The molecule has 0 aromatic heterocycles. The van der Waals surface area contributed by atoms with Crippen LogP contribution < -0.4 is 10.6 Å². The molecular weight excluding hydrogens is 368 g/mol. The number of Topliss-reactive ketones (excluding diaryl/α,β-unsaturated/α-hetero) is 1. The van der Waals surface area contributed by atoms with Crippen LogP contribution in [0.15, 0.2) is 90.6 Å². The summed E-state index contributed by atoms with van der Waals surface area (Å²) in [6, 6.07) is 27.0. The number of ketones is 1. The molecule has 0 unspecified atom stereocenters. The number of carbonyl (C=O) groups excluding carboxylic acids is 1. The number of hydrogen-bond donors (Lipinski definition) is 2. The normalized spacial score (nSPS) is 21.9. The summed E-state index contributed by atoms with van der Waals surface area (Å²) in [4.78, 5) is 13.3. The first-order chi connectivity index (χ1) is 14.5. The Morgan fingerprint density at radius 3 is 2.17 bits per heavy atom. The summed E-state index contributed by atoms with van der Waals surface area (Å²) in [5, 5.41) is 7.23. The van der Waals surface area contributed by atoms with Gasteiger partial charge in [-0.15, -0.1) is 0 Å². The van der Waals surface area contributed by atoms with E-state index in [2.05, 4.69) is 91.2 Å². The van der Waals surface area contributed by atoms with Crippen LogP contribution in [-0.2, 0) is 4.79 Å². The van der Waals surface area contributed by atoms with E-state index in [0.29, 0.717) is 6.42 Å². The first-order valence-corrected chi connectivity index (χ1v) is 10.5. The van der Waals surface area contributed by atoms with Crippen molar-refractivity contribution in [1.82, 2.24) is 0 Å². The van der Waals surface area contributed by atoms with Gasteiger partial charge in [-0.25, -0.2) is 0 Å². The highest BCUT2D eigenvalue weighted by molar-refractivity contribution is 5.90. The molecule has 1 aliphatic heterocycles. The molecule has 3 aromatic rings. The van der Waals surface area contributed by atoms with E-state index in [4.69, 9.17) is 0 Å². The van der Waals surface area contributed by atoms with Crippen LogP contribution in [0.5, 0.6) is 0 Å². The molecule has 5 rings (SSSR count). The van der Waals surface area contributed by atoms with Gasteiger partial charge in [-0.2, -0.15) is 0 Å². The fourth-order valence-electron chi connectivity index (χ4n) is 4.69. The van der Waals surface area contributed by atoms with E-state index in [-0.39, 0.29) is 23.2 Å². The largest absolute Gasteiger partial charge is 0.375 e. The zero-order valence-electron chi connectivity index (χ0n) is 17.4. The number of hydrogen-bond acceptors (Lipinski definition) is 3. The van der Waals surface area contributed by atoms with Crippen molar-refractivity contribution in [2.45, 2.75) is 26.3 Å². The first kappa shape index (κ1) is 18.7. The molecule has 0 saturated carbocycles. The zero-order chi connectivity index (χ0) is 20.7. The molecule has 1 aliphatic carbocycles. The third-order valence-electron chi connectivity index (χ3n) is 6.09. The quantitative estimate of drug-likeness (QED) is 0.526. The number of benzene rings is 3. The SMILES string of the molecule is CC1(C)C=C2Nc3ccccc3N[C@@H](c3ccc(-c4ccccc4)cc3)[C@H]2C(=O)C1. The predicted octanol–water partition coefficient (Wildman–Crippen LogP) is 6.43. The van der Waals surface area contributed by atoms with Gasteiger partial charge < -0.3 is 10.6 Å². The average Bonchev–Trinajstić information content (AvgIpc) is 2.90. The van der Waals surface area contributed by atoms with Crippen molar-refractivity contribution in [1.29, 1.82) is 0 Å². The summed E-state index contributed by atoms with van der Waals surface area (Å²) in [5.41, 5.74) is 6.40. The Bertz CT molecular complexity index is 1110. The molecule has 0 spiro atoms. The lowest BCUT2D eigenvalue weighted by Gasteiger charge is -2.35. The van der Waals surface area contributed by atoms with Crippen molar-refractivity contribution >= 4 is 17.2 Å². The average molecular weight is 395 g/mol. The molecule has 1 heterocycles. The molecule has 3 heteroatoms. The number of fused-ring (bicyclic) bond motifs is 2. The lowest BCUT2D eigenvalue weighted by atomic mass is 9.72. The van der Waals surface area contributed by atoms with Crippen molar-refractivity contribution in [3.63, 3.8) is 0 Å². The van der Waals surface area contributed by atoms with Crippen LogP contribution in [-0.4, -0.2) is 5.78 Å². The number of para-hydroxylation sites is 2. The van der Waals surface area contributed by atoms with E-state index >= 15 is 0 Å². The molecule has 0 amide bonds. The first-order valence-electron chi connectivity index (χ1n) is 10.5.